The van der Waals surface area contributed by atoms with Crippen LogP contribution in [-0.2, 0) is 14.2 Å². The van der Waals surface area contributed by atoms with E-state index in [-0.39, 0.29) is 28.4 Å². The first kappa shape index (κ1) is 23.7. The molecule has 1 aliphatic heterocycles. The second-order valence-electron chi connectivity index (χ2n) is 11.0. The van der Waals surface area contributed by atoms with Gasteiger partial charge in [0.05, 0.1) is 30.6 Å². The van der Waals surface area contributed by atoms with E-state index in [1.54, 1.807) is 13.2 Å². The van der Waals surface area contributed by atoms with E-state index in [4.69, 9.17) is 14.2 Å². The molecule has 5 rings (SSSR count). The number of rotatable bonds is 6. The second kappa shape index (κ2) is 8.85. The number of epoxide rings is 1. The summed E-state index contributed by atoms with van der Waals surface area (Å²) in [6.07, 6.45) is 10.9. The van der Waals surface area contributed by atoms with Gasteiger partial charge in [-0.25, -0.2) is 4.39 Å². The van der Waals surface area contributed by atoms with E-state index in [0.717, 1.165) is 49.1 Å². The normalized spacial score (nSPS) is 37.1. The number of ether oxygens (including phenoxy) is 3. The highest BCUT2D eigenvalue weighted by atomic mass is 19.1. The maximum absolute atomic E-state index is 13.6. The molecule has 3 fully saturated rings. The van der Waals surface area contributed by atoms with Crippen LogP contribution in [0.5, 0.6) is 0 Å². The summed E-state index contributed by atoms with van der Waals surface area (Å²) in [6, 6.07) is 10.6. The molecule has 0 amide bonds. The topological polar surface area (TPSA) is 43.9 Å². The van der Waals surface area contributed by atoms with E-state index >= 15 is 0 Å². The Kier molecular flexibility index (Phi) is 6.16. The van der Waals surface area contributed by atoms with Crippen LogP contribution in [0.2, 0.25) is 0 Å². The zero-order chi connectivity index (χ0) is 24.0. The van der Waals surface area contributed by atoms with Crippen LogP contribution in [0.25, 0.3) is 17.2 Å². The van der Waals surface area contributed by atoms with Crippen LogP contribution in [-0.4, -0.2) is 44.1 Å². The quantitative estimate of drug-likeness (QED) is 0.479. The lowest BCUT2D eigenvalue weighted by atomic mass is 9.45. The molecule has 2 aliphatic carbocycles. The Labute approximate surface area is 202 Å². The van der Waals surface area contributed by atoms with Gasteiger partial charge in [0.25, 0.3) is 0 Å². The number of fused-ring (bicyclic) bond motifs is 1. The highest BCUT2D eigenvalue weighted by Crippen LogP contribution is 2.66. The predicted octanol–water partition coefficient (Wildman–Crippen LogP) is 6.16. The fourth-order valence-electron chi connectivity index (χ4n) is 7.34. The minimum atomic E-state index is -0.236. The maximum Gasteiger partial charge on any atom is 0.123 e. The standard InChI is InChI=1S/C29H36FNO3/c1-27-14-13-26(33-4)28(2,18-32-3)24(27)12-15-29(19-34-29)25(27)11-10-23-9-8-21(17-31-23)20-6-5-7-22(30)16-20/h5-11,16-17,24-26H,12-15,18-19H2,1-4H3/b11-10+/t24-,25-,26+,27+,28-,29?/m0/s1. The van der Waals surface area contributed by atoms with Gasteiger partial charge in [0, 0.05) is 37.3 Å². The summed E-state index contributed by atoms with van der Waals surface area (Å²) in [7, 11) is 3.64. The molecule has 0 bridgehead atoms. The van der Waals surface area contributed by atoms with Crippen molar-refractivity contribution in [3.05, 3.63) is 60.2 Å². The fraction of sp³-hybridized carbons (Fsp3) is 0.552. The molecule has 34 heavy (non-hydrogen) atoms. The highest BCUT2D eigenvalue weighted by molar-refractivity contribution is 5.63. The second-order valence-corrected chi connectivity index (χ2v) is 11.0. The molecule has 3 aliphatic rings. The molecule has 1 aromatic heterocycles. The van der Waals surface area contributed by atoms with Crippen molar-refractivity contribution in [3.63, 3.8) is 0 Å². The van der Waals surface area contributed by atoms with Crippen molar-refractivity contribution in [3.8, 4) is 11.1 Å². The van der Waals surface area contributed by atoms with Crippen LogP contribution in [0.1, 0.15) is 45.2 Å². The Balaban J connectivity index is 1.42. The first-order chi connectivity index (χ1) is 16.3. The first-order valence-corrected chi connectivity index (χ1v) is 12.4. The zero-order valence-corrected chi connectivity index (χ0v) is 20.7. The summed E-state index contributed by atoms with van der Waals surface area (Å²) < 4.78 is 31.5. The highest BCUT2D eigenvalue weighted by Gasteiger charge is 2.66. The minimum absolute atomic E-state index is 0.0239. The van der Waals surface area contributed by atoms with Gasteiger partial charge in [-0.05, 0) is 66.9 Å². The minimum Gasteiger partial charge on any atom is -0.384 e. The number of methoxy groups -OCH3 is 2. The molecule has 2 heterocycles. The van der Waals surface area contributed by atoms with E-state index in [2.05, 4.69) is 31.0 Å². The number of hydrogen-bond acceptors (Lipinski definition) is 4. The molecule has 2 aromatic rings. The average molecular weight is 466 g/mol. The average Bonchev–Trinajstić information content (AvgIpc) is 3.59. The summed E-state index contributed by atoms with van der Waals surface area (Å²) >= 11 is 0. The molecule has 6 atom stereocenters. The van der Waals surface area contributed by atoms with E-state index in [1.165, 1.54) is 12.1 Å². The van der Waals surface area contributed by atoms with Crippen molar-refractivity contribution in [2.45, 2.75) is 51.2 Å². The molecule has 5 heteroatoms. The smallest absolute Gasteiger partial charge is 0.123 e. The molecule has 0 radical (unpaired) electrons. The summed E-state index contributed by atoms with van der Waals surface area (Å²) in [5, 5.41) is 0. The molecule has 4 nitrogen and oxygen atoms in total. The Morgan fingerprint density at radius 2 is 1.94 bits per heavy atom. The first-order valence-electron chi connectivity index (χ1n) is 12.4. The summed E-state index contributed by atoms with van der Waals surface area (Å²) in [4.78, 5) is 4.66. The number of pyridine rings is 1. The van der Waals surface area contributed by atoms with Gasteiger partial charge in [-0.2, -0.15) is 0 Å². The van der Waals surface area contributed by atoms with Gasteiger partial charge in [-0.3, -0.25) is 4.98 Å². The number of hydrogen-bond donors (Lipinski definition) is 0. The third-order valence-corrected chi connectivity index (χ3v) is 9.07. The number of benzene rings is 1. The van der Waals surface area contributed by atoms with Gasteiger partial charge in [-0.15, -0.1) is 0 Å². The van der Waals surface area contributed by atoms with Gasteiger partial charge < -0.3 is 14.2 Å². The van der Waals surface area contributed by atoms with E-state index < -0.39 is 0 Å². The molecule has 182 valence electrons. The molecule has 1 unspecified atom stereocenters. The predicted molar refractivity (Wildman–Crippen MR) is 132 cm³/mol. The van der Waals surface area contributed by atoms with Crippen LogP contribution in [0.4, 0.5) is 4.39 Å². The number of aromatic nitrogens is 1. The van der Waals surface area contributed by atoms with Crippen molar-refractivity contribution in [1.29, 1.82) is 0 Å². The Bertz CT molecular complexity index is 1050. The van der Waals surface area contributed by atoms with E-state index in [1.807, 2.05) is 31.5 Å². The van der Waals surface area contributed by atoms with Gasteiger partial charge >= 0.3 is 0 Å². The lowest BCUT2D eigenvalue weighted by Gasteiger charge is -2.61. The van der Waals surface area contributed by atoms with E-state index in [9.17, 15) is 4.39 Å². The molecular weight excluding hydrogens is 429 g/mol. The summed E-state index contributed by atoms with van der Waals surface area (Å²) in [5.74, 6) is 0.573. The third kappa shape index (κ3) is 3.92. The SMILES string of the molecule is COC[C@@]1(C)[C@H]2CCC3(CO3)[C@@H](/C=C/c3ccc(-c4cccc(F)c4)cn3)[C@]2(C)CC[C@H]1OC. The summed E-state index contributed by atoms with van der Waals surface area (Å²) in [6.45, 7) is 6.35. The van der Waals surface area contributed by atoms with Crippen LogP contribution in [0.15, 0.2) is 48.7 Å². The Hall–Kier alpha value is -2.08. The van der Waals surface area contributed by atoms with Gasteiger partial charge in [0.15, 0.2) is 0 Å². The van der Waals surface area contributed by atoms with Crippen LogP contribution in [0.3, 0.4) is 0 Å². The van der Waals surface area contributed by atoms with Gasteiger partial charge in [0.2, 0.25) is 0 Å². The molecule has 2 saturated carbocycles. The number of nitrogens with zero attached hydrogens (tertiary/aromatic N) is 1. The maximum atomic E-state index is 13.6. The largest absolute Gasteiger partial charge is 0.384 e. The zero-order valence-electron chi connectivity index (χ0n) is 20.7. The van der Waals surface area contributed by atoms with Gasteiger partial charge in [0.1, 0.15) is 5.82 Å². The lowest BCUT2D eigenvalue weighted by Crippen LogP contribution is -2.60. The van der Waals surface area contributed by atoms with Crippen molar-refractivity contribution < 1.29 is 18.6 Å². The van der Waals surface area contributed by atoms with Gasteiger partial charge in [-0.1, -0.05) is 38.1 Å². The molecule has 1 saturated heterocycles. The molecular formula is C29H36FNO3. The van der Waals surface area contributed by atoms with Crippen LogP contribution >= 0.6 is 0 Å². The Morgan fingerprint density at radius 1 is 1.12 bits per heavy atom. The van der Waals surface area contributed by atoms with E-state index in [0.29, 0.717) is 18.4 Å². The fourth-order valence-corrected chi connectivity index (χ4v) is 7.34. The van der Waals surface area contributed by atoms with Crippen LogP contribution in [0, 0.1) is 28.5 Å². The van der Waals surface area contributed by atoms with Crippen molar-refractivity contribution in [2.24, 2.45) is 22.7 Å². The van der Waals surface area contributed by atoms with Crippen molar-refractivity contribution >= 4 is 6.08 Å². The monoisotopic (exact) mass is 465 g/mol. The number of halogens is 1. The molecule has 0 N–H and O–H groups in total. The summed E-state index contributed by atoms with van der Waals surface area (Å²) in [5.41, 5.74) is 2.70. The Morgan fingerprint density at radius 3 is 2.59 bits per heavy atom. The third-order valence-electron chi connectivity index (χ3n) is 9.07. The van der Waals surface area contributed by atoms with Crippen molar-refractivity contribution in [2.75, 3.05) is 27.4 Å². The molecule has 1 spiro atoms. The van der Waals surface area contributed by atoms with Crippen molar-refractivity contribution in [1.82, 2.24) is 4.98 Å². The lowest BCUT2D eigenvalue weighted by molar-refractivity contribution is -0.179. The van der Waals surface area contributed by atoms with Crippen LogP contribution < -0.4 is 0 Å². The molecule has 1 aromatic carbocycles.